The van der Waals surface area contributed by atoms with Crippen LogP contribution in [0.1, 0.15) is 131 Å². The van der Waals surface area contributed by atoms with E-state index in [9.17, 15) is 26.3 Å². The summed E-state index contributed by atoms with van der Waals surface area (Å²) in [7, 11) is 0. The zero-order valence-electron chi connectivity index (χ0n) is 40.7. The van der Waals surface area contributed by atoms with Crippen molar-refractivity contribution < 1.29 is 35.8 Å². The molecule has 0 saturated heterocycles. The maximum atomic E-state index is 15.0. The minimum Gasteiger partial charge on any atom is -0.493 e. The van der Waals surface area contributed by atoms with E-state index < -0.39 is 23.3 Å². The van der Waals surface area contributed by atoms with E-state index in [1.807, 2.05) is 50.2 Å². The third kappa shape index (κ3) is 15.6. The number of unbranched alkanes of at least 4 members (excludes halogenated alkanes) is 6. The van der Waals surface area contributed by atoms with Gasteiger partial charge in [0, 0.05) is 23.3 Å². The van der Waals surface area contributed by atoms with Crippen molar-refractivity contribution in [2.24, 2.45) is 0 Å². The maximum absolute atomic E-state index is 15.0. The molecule has 0 aliphatic carbocycles. The van der Waals surface area contributed by atoms with Crippen molar-refractivity contribution in [3.63, 3.8) is 0 Å². The minimum atomic E-state index is -0.820. The van der Waals surface area contributed by atoms with Crippen LogP contribution in [0.3, 0.4) is 0 Å². The average Bonchev–Trinajstić information content (AvgIpc) is 3.35. The largest absolute Gasteiger partial charge is 0.493 e. The Morgan fingerprint density at radius 1 is 0.406 bits per heavy atom. The van der Waals surface area contributed by atoms with E-state index in [4.69, 9.17) is 9.47 Å². The van der Waals surface area contributed by atoms with Crippen LogP contribution in [-0.4, -0.2) is 13.2 Å². The highest BCUT2D eigenvalue weighted by molar-refractivity contribution is 5.66. The van der Waals surface area contributed by atoms with Gasteiger partial charge >= 0.3 is 0 Å². The summed E-state index contributed by atoms with van der Waals surface area (Å²) in [6.07, 6.45) is 17.6. The summed E-state index contributed by atoms with van der Waals surface area (Å²) in [4.78, 5) is 0. The Hall–Kier alpha value is -5.76. The molecule has 0 spiro atoms. The summed E-state index contributed by atoms with van der Waals surface area (Å²) in [5, 5.41) is 0. The summed E-state index contributed by atoms with van der Waals surface area (Å²) in [5.41, 5.74) is 7.17. The van der Waals surface area contributed by atoms with Gasteiger partial charge in [0.15, 0.2) is 23.3 Å². The lowest BCUT2D eigenvalue weighted by molar-refractivity contribution is 0.302. The SMILES string of the molecule is CC=C(CCCCCCOc1ccc(CCc2ccc(-c3ccc(CCC)c(F)c3F)cc2)c(F)c1)CCCCCCOc1ccc(CCc2ccc(-c3ccc(CCC)c(F)c3F)cc2)c(F)c1. The molecule has 0 N–H and O–H groups in total. The number of aryl methyl sites for hydroxylation is 6. The van der Waals surface area contributed by atoms with Crippen molar-refractivity contribution >= 4 is 0 Å². The average molecular weight is 947 g/mol. The Bertz CT molecular complexity index is 2390. The van der Waals surface area contributed by atoms with E-state index >= 15 is 0 Å². The number of ether oxygens (including phenoxy) is 2. The first-order valence-electron chi connectivity index (χ1n) is 25.2. The Balaban J connectivity index is 0.783. The first-order chi connectivity index (χ1) is 33.6. The normalized spacial score (nSPS) is 11.3. The molecule has 0 saturated carbocycles. The first-order valence-corrected chi connectivity index (χ1v) is 25.2. The lowest BCUT2D eigenvalue weighted by atomic mass is 9.98. The molecule has 0 bridgehead atoms. The molecule has 8 heteroatoms. The highest BCUT2D eigenvalue weighted by Gasteiger charge is 2.16. The summed E-state index contributed by atoms with van der Waals surface area (Å²) in [5.74, 6) is -2.72. The van der Waals surface area contributed by atoms with Gasteiger partial charge in [0.05, 0.1) is 13.2 Å². The molecule has 0 aliphatic rings. The fourth-order valence-electron chi connectivity index (χ4n) is 8.86. The molecule has 6 aromatic carbocycles. The first kappa shape index (κ1) is 52.6. The van der Waals surface area contributed by atoms with Crippen LogP contribution in [-0.2, 0) is 38.5 Å². The zero-order chi connectivity index (χ0) is 49.0. The third-order valence-electron chi connectivity index (χ3n) is 13.0. The van der Waals surface area contributed by atoms with E-state index in [0.29, 0.717) is 96.6 Å². The van der Waals surface area contributed by atoms with Crippen molar-refractivity contribution in [2.75, 3.05) is 13.2 Å². The van der Waals surface area contributed by atoms with Crippen molar-refractivity contribution in [1.82, 2.24) is 0 Å². The van der Waals surface area contributed by atoms with Crippen LogP contribution in [0.25, 0.3) is 22.3 Å². The standard InChI is InChI=1S/C61H68F6O2/c1-4-15-50-33-37-54(60(66)58(50)64)46-25-19-44(20-26-46)23-29-48-31-35-52(41-56(48)62)68-39-13-9-7-11-17-43(6-3)18-12-8-10-14-40-69-53-36-32-49(57(63)42-53)30-24-45-21-27-47(28-22-45)55-38-34-51(16-5-2)59(65)61(55)67/h6,19-22,25-28,31-38,41-42H,4-5,7-18,23-24,29-30,39-40H2,1-3H3. The molecule has 0 unspecified atom stereocenters. The maximum Gasteiger partial charge on any atom is 0.166 e. The molecule has 0 aromatic heterocycles. The number of hydrogen-bond donors (Lipinski definition) is 0. The van der Waals surface area contributed by atoms with Gasteiger partial charge < -0.3 is 9.47 Å². The van der Waals surface area contributed by atoms with E-state index in [1.54, 1.807) is 60.7 Å². The van der Waals surface area contributed by atoms with Gasteiger partial charge in [-0.05, 0) is 141 Å². The van der Waals surface area contributed by atoms with Gasteiger partial charge in [-0.15, -0.1) is 0 Å². The van der Waals surface area contributed by atoms with Crippen LogP contribution < -0.4 is 9.47 Å². The molecule has 0 fully saturated rings. The monoisotopic (exact) mass is 947 g/mol. The number of allylic oxidation sites excluding steroid dienone is 2. The van der Waals surface area contributed by atoms with E-state index in [-0.39, 0.29) is 22.8 Å². The summed E-state index contributed by atoms with van der Waals surface area (Å²) >= 11 is 0. The molecule has 0 heterocycles. The van der Waals surface area contributed by atoms with Crippen LogP contribution >= 0.6 is 0 Å². The topological polar surface area (TPSA) is 18.5 Å². The van der Waals surface area contributed by atoms with Crippen molar-refractivity contribution in [2.45, 2.75) is 136 Å². The predicted octanol–water partition coefficient (Wildman–Crippen LogP) is 17.6. The molecule has 6 aromatic rings. The molecular formula is C61H68F6O2. The minimum absolute atomic E-state index is 0.241. The smallest absolute Gasteiger partial charge is 0.166 e. The van der Waals surface area contributed by atoms with Gasteiger partial charge in [0.1, 0.15) is 23.1 Å². The van der Waals surface area contributed by atoms with E-state index in [1.165, 1.54) is 17.7 Å². The Morgan fingerprint density at radius 3 is 1.17 bits per heavy atom. The van der Waals surface area contributed by atoms with Gasteiger partial charge in [-0.1, -0.05) is 149 Å². The Kier molecular flexibility index (Phi) is 20.9. The molecule has 0 atom stereocenters. The van der Waals surface area contributed by atoms with E-state index in [0.717, 1.165) is 88.2 Å². The van der Waals surface area contributed by atoms with Gasteiger partial charge in [-0.3, -0.25) is 0 Å². The highest BCUT2D eigenvalue weighted by atomic mass is 19.2. The molecule has 366 valence electrons. The molecule has 0 aliphatic heterocycles. The molecule has 6 rings (SSSR count). The summed E-state index contributed by atoms with van der Waals surface area (Å²) < 4.78 is 100. The fraction of sp³-hybridized carbons (Fsp3) is 0.377. The van der Waals surface area contributed by atoms with E-state index in [2.05, 4.69) is 13.0 Å². The number of rotatable bonds is 28. The predicted molar refractivity (Wildman–Crippen MR) is 270 cm³/mol. The van der Waals surface area contributed by atoms with Crippen molar-refractivity contribution in [3.8, 4) is 33.8 Å². The van der Waals surface area contributed by atoms with Crippen LogP contribution in [0.2, 0.25) is 0 Å². The molecule has 0 amide bonds. The Morgan fingerprint density at radius 2 is 0.797 bits per heavy atom. The second-order valence-corrected chi connectivity index (χ2v) is 18.2. The van der Waals surface area contributed by atoms with Crippen LogP contribution in [0.5, 0.6) is 11.5 Å². The van der Waals surface area contributed by atoms with Gasteiger partial charge in [0.25, 0.3) is 0 Å². The Labute approximate surface area is 406 Å². The second kappa shape index (κ2) is 27.4. The van der Waals surface area contributed by atoms with Crippen molar-refractivity contribution in [3.05, 3.63) is 189 Å². The number of hydrogen-bond acceptors (Lipinski definition) is 2. The summed E-state index contributed by atoms with van der Waals surface area (Å²) in [6.45, 7) is 7.07. The van der Waals surface area contributed by atoms with Crippen LogP contribution in [0.15, 0.2) is 121 Å². The van der Waals surface area contributed by atoms with Gasteiger partial charge in [0.2, 0.25) is 0 Å². The molecule has 69 heavy (non-hydrogen) atoms. The van der Waals surface area contributed by atoms with Gasteiger partial charge in [-0.25, -0.2) is 26.3 Å². The van der Waals surface area contributed by atoms with Gasteiger partial charge in [-0.2, -0.15) is 0 Å². The summed E-state index contributed by atoms with van der Waals surface area (Å²) in [6, 6.07) is 31.4. The number of benzene rings is 6. The zero-order valence-corrected chi connectivity index (χ0v) is 40.7. The lowest BCUT2D eigenvalue weighted by Gasteiger charge is -2.11. The fourth-order valence-corrected chi connectivity index (χ4v) is 8.86. The van der Waals surface area contributed by atoms with Crippen LogP contribution in [0.4, 0.5) is 26.3 Å². The quantitative estimate of drug-likeness (QED) is 0.0277. The highest BCUT2D eigenvalue weighted by Crippen LogP contribution is 2.30. The molecular weight excluding hydrogens is 879 g/mol. The second-order valence-electron chi connectivity index (χ2n) is 18.2. The van der Waals surface area contributed by atoms with Crippen molar-refractivity contribution in [1.29, 1.82) is 0 Å². The number of halogens is 6. The van der Waals surface area contributed by atoms with Crippen LogP contribution in [0, 0.1) is 34.9 Å². The lowest BCUT2D eigenvalue weighted by Crippen LogP contribution is -2.00. The molecule has 2 nitrogen and oxygen atoms in total. The third-order valence-corrected chi connectivity index (χ3v) is 13.0. The molecule has 0 radical (unpaired) electrons.